The summed E-state index contributed by atoms with van der Waals surface area (Å²) in [6.45, 7) is 3.33. The summed E-state index contributed by atoms with van der Waals surface area (Å²) < 4.78 is 5.87. The normalized spacial score (nSPS) is 24.2. The zero-order chi connectivity index (χ0) is 16.7. The van der Waals surface area contributed by atoms with Gasteiger partial charge in [-0.05, 0) is 38.0 Å². The molecule has 0 bridgehead atoms. The van der Waals surface area contributed by atoms with Crippen LogP contribution < -0.4 is 15.0 Å². The van der Waals surface area contributed by atoms with Crippen LogP contribution in [0.4, 0.5) is 10.5 Å². The number of hydrogen-bond donors (Lipinski definition) is 2. The second-order valence-corrected chi connectivity index (χ2v) is 6.49. The summed E-state index contributed by atoms with van der Waals surface area (Å²) in [5.41, 5.74) is 3.34. The van der Waals surface area contributed by atoms with Gasteiger partial charge in [-0.3, -0.25) is 4.90 Å². The monoisotopic (exact) mass is 326 g/mol. The molecule has 1 aliphatic carbocycles. The van der Waals surface area contributed by atoms with Crippen molar-refractivity contribution in [2.45, 2.75) is 31.1 Å². The standard InChI is InChI=1S/C18H22N4O2/c1-3-22(17(23)19-2)12-4-5-16-13(8-12)18(6-7-24-16)9-14(18)15-10-20-11-21-15/h4-5,8,10-11,14H,3,6-7,9H2,1-2H3,(H,19,23)(H,20,21). The first-order chi connectivity index (χ1) is 11.7. The molecule has 126 valence electrons. The Kier molecular flexibility index (Phi) is 3.48. The Labute approximate surface area is 141 Å². The van der Waals surface area contributed by atoms with Gasteiger partial charge in [-0.1, -0.05) is 0 Å². The molecule has 4 rings (SSSR count). The van der Waals surface area contributed by atoms with Crippen LogP contribution in [0.2, 0.25) is 0 Å². The molecule has 6 heteroatoms. The Balaban J connectivity index is 1.72. The number of imidazole rings is 1. The van der Waals surface area contributed by atoms with Crippen LogP contribution in [0.15, 0.2) is 30.7 Å². The number of nitrogens with zero attached hydrogens (tertiary/aromatic N) is 2. The minimum atomic E-state index is -0.0946. The highest BCUT2D eigenvalue weighted by Crippen LogP contribution is 2.65. The SMILES string of the molecule is CCN(C(=O)NC)c1ccc2c(c1)C1(CCO2)CC1c1c[nH]cn1. The van der Waals surface area contributed by atoms with E-state index in [9.17, 15) is 4.79 Å². The van der Waals surface area contributed by atoms with Gasteiger partial charge in [0.2, 0.25) is 0 Å². The number of carbonyl (C=O) groups is 1. The summed E-state index contributed by atoms with van der Waals surface area (Å²) in [5.74, 6) is 1.37. The maximum absolute atomic E-state index is 12.1. The number of rotatable bonds is 3. The van der Waals surface area contributed by atoms with Crippen LogP contribution in [0.25, 0.3) is 0 Å². The maximum Gasteiger partial charge on any atom is 0.321 e. The number of aromatic nitrogens is 2. The third-order valence-electron chi connectivity index (χ3n) is 5.34. The maximum atomic E-state index is 12.1. The van der Waals surface area contributed by atoms with Gasteiger partial charge in [-0.15, -0.1) is 0 Å². The summed E-state index contributed by atoms with van der Waals surface area (Å²) in [7, 11) is 1.66. The number of amides is 2. The molecule has 1 aromatic carbocycles. The molecule has 2 atom stereocenters. The number of ether oxygens (including phenoxy) is 1. The van der Waals surface area contributed by atoms with Gasteiger partial charge in [0.15, 0.2) is 0 Å². The van der Waals surface area contributed by atoms with E-state index in [1.54, 1.807) is 18.3 Å². The van der Waals surface area contributed by atoms with E-state index in [0.29, 0.717) is 12.5 Å². The van der Waals surface area contributed by atoms with Gasteiger partial charge < -0.3 is 15.0 Å². The molecule has 2 aliphatic rings. The fourth-order valence-corrected chi connectivity index (χ4v) is 3.99. The fraction of sp³-hybridized carbons (Fsp3) is 0.444. The molecule has 1 spiro atoms. The van der Waals surface area contributed by atoms with Gasteiger partial charge in [-0.2, -0.15) is 0 Å². The van der Waals surface area contributed by atoms with Crippen molar-refractivity contribution in [2.75, 3.05) is 25.1 Å². The van der Waals surface area contributed by atoms with Crippen LogP contribution in [-0.4, -0.2) is 36.2 Å². The van der Waals surface area contributed by atoms with Gasteiger partial charge in [0.05, 0.1) is 18.6 Å². The smallest absolute Gasteiger partial charge is 0.321 e. The fourth-order valence-electron chi connectivity index (χ4n) is 3.99. The van der Waals surface area contributed by atoms with E-state index in [-0.39, 0.29) is 11.4 Å². The highest BCUT2D eigenvalue weighted by molar-refractivity contribution is 5.92. The van der Waals surface area contributed by atoms with Crippen molar-refractivity contribution in [1.82, 2.24) is 15.3 Å². The number of fused-ring (bicyclic) bond motifs is 2. The van der Waals surface area contributed by atoms with E-state index >= 15 is 0 Å². The molecule has 2 N–H and O–H groups in total. The lowest BCUT2D eigenvalue weighted by Crippen LogP contribution is -2.38. The van der Waals surface area contributed by atoms with Crippen molar-refractivity contribution in [1.29, 1.82) is 0 Å². The highest BCUT2D eigenvalue weighted by Gasteiger charge is 2.59. The van der Waals surface area contributed by atoms with Crippen molar-refractivity contribution >= 4 is 11.7 Å². The number of benzene rings is 1. The minimum Gasteiger partial charge on any atom is -0.493 e. The van der Waals surface area contributed by atoms with Crippen molar-refractivity contribution in [2.24, 2.45) is 0 Å². The second kappa shape index (κ2) is 5.54. The number of hydrogen-bond acceptors (Lipinski definition) is 3. The average Bonchev–Trinajstić information content (AvgIpc) is 3.07. The van der Waals surface area contributed by atoms with Crippen LogP contribution in [0.5, 0.6) is 5.75 Å². The Morgan fingerprint density at radius 1 is 1.54 bits per heavy atom. The van der Waals surface area contributed by atoms with Gasteiger partial charge in [0.25, 0.3) is 0 Å². The van der Waals surface area contributed by atoms with Crippen LogP contribution >= 0.6 is 0 Å². The van der Waals surface area contributed by atoms with E-state index in [1.165, 1.54) is 5.56 Å². The molecule has 2 heterocycles. The predicted octanol–water partition coefficient (Wildman–Crippen LogP) is 2.78. The van der Waals surface area contributed by atoms with Crippen molar-refractivity contribution in [3.63, 3.8) is 0 Å². The number of anilines is 1. The first kappa shape index (κ1) is 15.1. The molecule has 0 radical (unpaired) electrons. The zero-order valence-corrected chi connectivity index (χ0v) is 14.0. The van der Waals surface area contributed by atoms with Crippen molar-refractivity contribution in [3.8, 4) is 5.75 Å². The zero-order valence-electron chi connectivity index (χ0n) is 14.0. The van der Waals surface area contributed by atoms with E-state index in [1.807, 2.05) is 25.3 Å². The van der Waals surface area contributed by atoms with Gasteiger partial charge in [-0.25, -0.2) is 9.78 Å². The Morgan fingerprint density at radius 2 is 2.42 bits per heavy atom. The van der Waals surface area contributed by atoms with E-state index in [2.05, 4.69) is 21.4 Å². The predicted molar refractivity (Wildman–Crippen MR) is 91.7 cm³/mol. The number of carbonyl (C=O) groups excluding carboxylic acids is 1. The molecule has 1 saturated carbocycles. The first-order valence-corrected chi connectivity index (χ1v) is 8.45. The minimum absolute atomic E-state index is 0.0946. The average molecular weight is 326 g/mol. The largest absolute Gasteiger partial charge is 0.493 e. The lowest BCUT2D eigenvalue weighted by Gasteiger charge is -2.29. The van der Waals surface area contributed by atoms with Crippen LogP contribution in [0.1, 0.15) is 36.9 Å². The molecule has 2 unspecified atom stereocenters. The summed E-state index contributed by atoms with van der Waals surface area (Å²) >= 11 is 0. The first-order valence-electron chi connectivity index (χ1n) is 8.45. The molecular weight excluding hydrogens is 304 g/mol. The Bertz CT molecular complexity index is 758. The quantitative estimate of drug-likeness (QED) is 0.911. The molecule has 2 aromatic rings. The lowest BCUT2D eigenvalue weighted by atomic mass is 9.86. The molecule has 0 saturated heterocycles. The van der Waals surface area contributed by atoms with Gasteiger partial charge in [0, 0.05) is 42.4 Å². The van der Waals surface area contributed by atoms with Gasteiger partial charge >= 0.3 is 6.03 Å². The van der Waals surface area contributed by atoms with Crippen LogP contribution in [0.3, 0.4) is 0 Å². The Hall–Kier alpha value is -2.50. The van der Waals surface area contributed by atoms with Crippen LogP contribution in [-0.2, 0) is 5.41 Å². The third-order valence-corrected chi connectivity index (χ3v) is 5.34. The summed E-state index contributed by atoms with van der Waals surface area (Å²) in [6, 6.07) is 5.99. The van der Waals surface area contributed by atoms with Crippen molar-refractivity contribution in [3.05, 3.63) is 42.0 Å². The van der Waals surface area contributed by atoms with Crippen LogP contribution in [0, 0.1) is 0 Å². The van der Waals surface area contributed by atoms with Crippen molar-refractivity contribution < 1.29 is 9.53 Å². The molecule has 6 nitrogen and oxygen atoms in total. The molecule has 1 fully saturated rings. The van der Waals surface area contributed by atoms with E-state index in [0.717, 1.165) is 36.6 Å². The molecule has 2 amide bonds. The number of aromatic amines is 1. The number of nitrogens with one attached hydrogen (secondary N) is 2. The van der Waals surface area contributed by atoms with Gasteiger partial charge in [0.1, 0.15) is 5.75 Å². The van der Waals surface area contributed by atoms with E-state index < -0.39 is 0 Å². The number of urea groups is 1. The summed E-state index contributed by atoms with van der Waals surface area (Å²) in [5, 5.41) is 2.70. The lowest BCUT2D eigenvalue weighted by molar-refractivity contribution is 0.248. The molecule has 1 aromatic heterocycles. The second-order valence-electron chi connectivity index (χ2n) is 6.49. The molecular formula is C18H22N4O2. The molecule has 1 aliphatic heterocycles. The summed E-state index contributed by atoms with van der Waals surface area (Å²) in [4.78, 5) is 21.4. The number of H-pyrrole nitrogens is 1. The van der Waals surface area contributed by atoms with E-state index in [4.69, 9.17) is 4.74 Å². The summed E-state index contributed by atoms with van der Waals surface area (Å²) in [6.07, 6.45) is 5.81. The molecule has 24 heavy (non-hydrogen) atoms. The Morgan fingerprint density at radius 3 is 3.12 bits per heavy atom. The highest BCUT2D eigenvalue weighted by atomic mass is 16.5. The third kappa shape index (κ3) is 2.17. The topological polar surface area (TPSA) is 70.2 Å².